The maximum absolute atomic E-state index is 12.0. The van der Waals surface area contributed by atoms with E-state index in [1.54, 1.807) is 50.3 Å². The smallest absolute Gasteiger partial charge is 0.123 e. The summed E-state index contributed by atoms with van der Waals surface area (Å²) in [4.78, 5) is 0. The van der Waals surface area contributed by atoms with Crippen LogP contribution in [0.5, 0.6) is 5.75 Å². The van der Waals surface area contributed by atoms with Crippen molar-refractivity contribution in [1.82, 2.24) is 0 Å². The number of benzene rings is 1. The third-order valence-corrected chi connectivity index (χ3v) is 14.7. The van der Waals surface area contributed by atoms with Crippen molar-refractivity contribution in [3.05, 3.63) is 30.1 Å². The number of aromatic hydroxyl groups is 1. The molecule has 41 heavy (non-hydrogen) atoms. The summed E-state index contributed by atoms with van der Waals surface area (Å²) >= 11 is 0. The number of rotatable bonds is 28. The zero-order chi connectivity index (χ0) is 30.3. The van der Waals surface area contributed by atoms with Crippen molar-refractivity contribution in [3.63, 3.8) is 0 Å². The molecule has 0 aliphatic heterocycles. The van der Waals surface area contributed by atoms with Gasteiger partial charge in [0.05, 0.1) is 0 Å². The van der Waals surface area contributed by atoms with Crippen LogP contribution in [0.15, 0.2) is 24.3 Å². The fourth-order valence-electron chi connectivity index (χ4n) is 6.31. The van der Waals surface area contributed by atoms with Gasteiger partial charge in [0.25, 0.3) is 0 Å². The minimum Gasteiger partial charge on any atom is -0.508 e. The maximum atomic E-state index is 12.0. The van der Waals surface area contributed by atoms with E-state index in [1.165, 1.54) is 153 Å². The van der Waals surface area contributed by atoms with Crippen molar-refractivity contribution in [2.24, 2.45) is 0 Å². The number of hydrogen-bond donors (Lipinski definition) is 1. The Morgan fingerprint density at radius 1 is 0.415 bits per heavy atom. The summed E-state index contributed by atoms with van der Waals surface area (Å²) in [6, 6.07) is 5.01. The van der Waals surface area contributed by atoms with Crippen LogP contribution in [-0.2, 0) is 0 Å². The standard InChI is InChI=1S/C32H69P.C6H5FO/c1-5-9-13-17-18-19-20-21-22-23-24-28-32-33(29-25-14-10-6-2,30-26-15-11-7-3)31-27-16-12-8-4;7-5-1-3-6(8)4-2-5/h33H,5-32H2,1-4H3;1-4,8H. The normalized spacial score (nSPS) is 11.8. The van der Waals surface area contributed by atoms with E-state index in [1.807, 2.05) is 0 Å². The second-order valence-corrected chi connectivity index (χ2v) is 18.0. The van der Waals surface area contributed by atoms with Gasteiger partial charge in [0.1, 0.15) is 11.6 Å². The van der Waals surface area contributed by atoms with Crippen LogP contribution in [0.1, 0.15) is 182 Å². The van der Waals surface area contributed by atoms with Gasteiger partial charge in [-0.3, -0.25) is 0 Å². The molecule has 0 fully saturated rings. The molecule has 0 atom stereocenters. The number of phenols is 1. The summed E-state index contributed by atoms with van der Waals surface area (Å²) in [5.74, 6) is -0.241. The summed E-state index contributed by atoms with van der Waals surface area (Å²) in [7, 11) is -1.04. The van der Waals surface area contributed by atoms with E-state index in [0.29, 0.717) is 0 Å². The molecule has 0 saturated heterocycles. The van der Waals surface area contributed by atoms with Crippen LogP contribution in [0.4, 0.5) is 4.39 Å². The van der Waals surface area contributed by atoms with Crippen molar-refractivity contribution >= 4 is 7.26 Å². The van der Waals surface area contributed by atoms with Crippen LogP contribution in [0.3, 0.4) is 0 Å². The molecule has 1 N–H and O–H groups in total. The summed E-state index contributed by atoms with van der Waals surface area (Å²) in [5, 5.41) is 8.59. The molecule has 0 saturated carbocycles. The molecule has 0 spiro atoms. The average Bonchev–Trinajstić information content (AvgIpc) is 2.98. The predicted octanol–water partition coefficient (Wildman–Crippen LogP) is 13.7. The van der Waals surface area contributed by atoms with Crippen LogP contribution < -0.4 is 0 Å². The fourth-order valence-corrected chi connectivity index (χ4v) is 11.8. The minimum atomic E-state index is -1.04. The van der Waals surface area contributed by atoms with Gasteiger partial charge in [-0.05, 0) is 24.3 Å². The second kappa shape index (κ2) is 30.8. The average molecular weight is 597 g/mol. The Kier molecular flexibility index (Phi) is 30.4. The summed E-state index contributed by atoms with van der Waals surface area (Å²) in [5.41, 5.74) is 0. The van der Waals surface area contributed by atoms with Crippen LogP contribution in [0.2, 0.25) is 0 Å². The van der Waals surface area contributed by atoms with E-state index in [-0.39, 0.29) is 11.6 Å². The largest absolute Gasteiger partial charge is 0.508 e. The van der Waals surface area contributed by atoms with Gasteiger partial charge in [0, 0.05) is 0 Å². The molecular formula is C38H74FOP. The molecule has 0 aliphatic carbocycles. The summed E-state index contributed by atoms with van der Waals surface area (Å²) in [6.07, 6.45) is 42.3. The zero-order valence-electron chi connectivity index (χ0n) is 28.4. The molecule has 0 aliphatic rings. The molecule has 0 unspecified atom stereocenters. The van der Waals surface area contributed by atoms with Gasteiger partial charge in [0.2, 0.25) is 0 Å². The molecule has 0 aromatic heterocycles. The van der Waals surface area contributed by atoms with E-state index < -0.39 is 7.26 Å². The van der Waals surface area contributed by atoms with Crippen LogP contribution in [0.25, 0.3) is 0 Å². The summed E-state index contributed by atoms with van der Waals surface area (Å²) < 4.78 is 12.0. The quantitative estimate of drug-likeness (QED) is 0.0753. The Hall–Kier alpha value is -0.620. The van der Waals surface area contributed by atoms with Crippen molar-refractivity contribution in [2.75, 3.05) is 24.6 Å². The van der Waals surface area contributed by atoms with Gasteiger partial charge in [-0.25, -0.2) is 4.39 Å². The van der Waals surface area contributed by atoms with Crippen molar-refractivity contribution in [3.8, 4) is 5.75 Å². The maximum Gasteiger partial charge on any atom is 0.123 e. The van der Waals surface area contributed by atoms with Crippen LogP contribution >= 0.6 is 7.26 Å². The molecule has 1 rings (SSSR count). The van der Waals surface area contributed by atoms with Crippen molar-refractivity contribution < 1.29 is 9.50 Å². The molecule has 1 aromatic rings. The Bertz CT molecular complexity index is 579. The molecule has 1 aromatic carbocycles. The molecular weight excluding hydrogens is 522 g/mol. The van der Waals surface area contributed by atoms with Crippen molar-refractivity contribution in [1.29, 1.82) is 0 Å². The Morgan fingerprint density at radius 2 is 0.659 bits per heavy atom. The first-order chi connectivity index (χ1) is 20.0. The van der Waals surface area contributed by atoms with E-state index in [2.05, 4.69) is 27.7 Å². The van der Waals surface area contributed by atoms with Gasteiger partial charge in [-0.1, -0.05) is 13.3 Å². The van der Waals surface area contributed by atoms with Gasteiger partial charge in [-0.15, -0.1) is 0 Å². The van der Waals surface area contributed by atoms with Gasteiger partial charge in [-0.2, -0.15) is 0 Å². The van der Waals surface area contributed by atoms with Gasteiger partial charge >= 0.3 is 200 Å². The van der Waals surface area contributed by atoms with E-state index in [9.17, 15) is 4.39 Å². The zero-order valence-corrected chi connectivity index (χ0v) is 29.4. The third kappa shape index (κ3) is 26.7. The SMILES string of the molecule is CCCCCCCCCCCCCC[PH](CCCCCC)(CCCCCC)CCCCCC.Oc1ccc(F)cc1. The second-order valence-electron chi connectivity index (χ2n) is 13.0. The molecule has 0 bridgehead atoms. The molecule has 0 amide bonds. The summed E-state index contributed by atoms with van der Waals surface area (Å²) in [6.45, 7) is 9.42. The van der Waals surface area contributed by atoms with Gasteiger partial charge in [0.15, 0.2) is 0 Å². The number of phenolic OH excluding ortho intramolecular Hbond substituents is 1. The van der Waals surface area contributed by atoms with Crippen LogP contribution in [0, 0.1) is 5.82 Å². The Morgan fingerprint density at radius 3 is 0.927 bits per heavy atom. The van der Waals surface area contributed by atoms with E-state index >= 15 is 0 Å². The molecule has 0 heterocycles. The Labute approximate surface area is 258 Å². The van der Waals surface area contributed by atoms with Gasteiger partial charge < -0.3 is 5.11 Å². The predicted molar refractivity (Wildman–Crippen MR) is 189 cm³/mol. The molecule has 244 valence electrons. The number of unbranched alkanes of at least 4 members (excludes halogenated alkanes) is 20. The van der Waals surface area contributed by atoms with E-state index in [4.69, 9.17) is 5.11 Å². The number of halogens is 1. The molecule has 1 nitrogen and oxygen atoms in total. The van der Waals surface area contributed by atoms with E-state index in [0.717, 1.165) is 0 Å². The van der Waals surface area contributed by atoms with Crippen LogP contribution in [-0.4, -0.2) is 29.8 Å². The monoisotopic (exact) mass is 597 g/mol. The topological polar surface area (TPSA) is 20.2 Å². The third-order valence-electron chi connectivity index (χ3n) is 9.07. The first-order valence-electron chi connectivity index (χ1n) is 18.5. The number of hydrogen-bond acceptors (Lipinski definition) is 1. The minimum absolute atomic E-state index is 0.0893. The Balaban J connectivity index is 0.00000170. The molecule has 3 heteroatoms. The first kappa shape index (κ1) is 40.4. The van der Waals surface area contributed by atoms with Crippen molar-refractivity contribution in [2.45, 2.75) is 182 Å². The first-order valence-corrected chi connectivity index (χ1v) is 21.3. The fraction of sp³-hybridized carbons (Fsp3) is 0.842. The molecule has 0 radical (unpaired) electrons.